The second-order valence-electron chi connectivity index (χ2n) is 5.56. The van der Waals surface area contributed by atoms with Gasteiger partial charge in [0.25, 0.3) is 5.69 Å². The fourth-order valence-corrected chi connectivity index (χ4v) is 2.41. The number of nitrogens with zero attached hydrogens (tertiary/aromatic N) is 2. The molecular weight excluding hydrogens is 270 g/mol. The molecule has 0 bridgehead atoms. The highest BCUT2D eigenvalue weighted by Gasteiger charge is 2.32. The average molecular weight is 291 g/mol. The number of urea groups is 1. The summed E-state index contributed by atoms with van der Waals surface area (Å²) in [5, 5.41) is 13.7. The van der Waals surface area contributed by atoms with E-state index in [1.807, 2.05) is 0 Å². The summed E-state index contributed by atoms with van der Waals surface area (Å²) < 4.78 is 0. The summed E-state index contributed by atoms with van der Waals surface area (Å²) >= 11 is 0. The Morgan fingerprint density at radius 2 is 2.14 bits per heavy atom. The predicted octanol–water partition coefficient (Wildman–Crippen LogP) is 2.58. The molecule has 1 N–H and O–H groups in total. The summed E-state index contributed by atoms with van der Waals surface area (Å²) in [6.07, 6.45) is 2.83. The van der Waals surface area contributed by atoms with Crippen LogP contribution in [0.5, 0.6) is 0 Å². The number of benzene rings is 1. The Bertz CT molecular complexity index is 529. The van der Waals surface area contributed by atoms with Gasteiger partial charge in [0.2, 0.25) is 0 Å². The van der Waals surface area contributed by atoms with Crippen LogP contribution in [-0.2, 0) is 6.42 Å². The van der Waals surface area contributed by atoms with Crippen molar-refractivity contribution in [1.29, 1.82) is 0 Å². The third kappa shape index (κ3) is 3.93. The first-order valence-corrected chi connectivity index (χ1v) is 7.23. The number of hydrogen-bond donors (Lipinski definition) is 1. The lowest BCUT2D eigenvalue weighted by Crippen LogP contribution is -2.43. The summed E-state index contributed by atoms with van der Waals surface area (Å²) in [6.45, 7) is 2.45. The SMILES string of the molecule is C[C@@H](C1CC1)N(C)C(=O)NCCc1ccccc1[N+](=O)[O-]. The van der Waals surface area contributed by atoms with Gasteiger partial charge in [-0.3, -0.25) is 10.1 Å². The number of carbonyl (C=O) groups excluding carboxylic acids is 1. The molecule has 114 valence electrons. The van der Waals surface area contributed by atoms with Crippen molar-refractivity contribution in [2.75, 3.05) is 13.6 Å². The smallest absolute Gasteiger partial charge is 0.317 e. The van der Waals surface area contributed by atoms with Gasteiger partial charge in [-0.25, -0.2) is 4.79 Å². The lowest BCUT2D eigenvalue weighted by Gasteiger charge is -2.25. The molecule has 6 nitrogen and oxygen atoms in total. The van der Waals surface area contributed by atoms with Gasteiger partial charge in [-0.15, -0.1) is 0 Å². The van der Waals surface area contributed by atoms with E-state index in [0.717, 1.165) is 0 Å². The fourth-order valence-electron chi connectivity index (χ4n) is 2.41. The van der Waals surface area contributed by atoms with E-state index in [1.165, 1.54) is 18.9 Å². The summed E-state index contributed by atoms with van der Waals surface area (Å²) in [4.78, 5) is 24.2. The molecule has 1 fully saturated rings. The maximum atomic E-state index is 12.0. The molecular formula is C15H21N3O3. The van der Waals surface area contributed by atoms with Gasteiger partial charge in [-0.05, 0) is 32.1 Å². The van der Waals surface area contributed by atoms with Crippen molar-refractivity contribution in [2.24, 2.45) is 5.92 Å². The molecule has 1 aliphatic rings. The lowest BCUT2D eigenvalue weighted by molar-refractivity contribution is -0.385. The Hall–Kier alpha value is -2.11. The Labute approximate surface area is 124 Å². The van der Waals surface area contributed by atoms with Crippen LogP contribution in [0.25, 0.3) is 0 Å². The van der Waals surface area contributed by atoms with Crippen LogP contribution >= 0.6 is 0 Å². The first-order valence-electron chi connectivity index (χ1n) is 7.23. The van der Waals surface area contributed by atoms with Gasteiger partial charge in [-0.1, -0.05) is 18.2 Å². The molecule has 1 aliphatic carbocycles. The van der Waals surface area contributed by atoms with E-state index >= 15 is 0 Å². The highest BCUT2D eigenvalue weighted by molar-refractivity contribution is 5.74. The molecule has 6 heteroatoms. The molecule has 1 atom stereocenters. The zero-order valence-corrected chi connectivity index (χ0v) is 12.4. The topological polar surface area (TPSA) is 75.5 Å². The number of para-hydroxylation sites is 1. The number of nitro benzene ring substituents is 1. The minimum absolute atomic E-state index is 0.103. The van der Waals surface area contributed by atoms with Crippen molar-refractivity contribution in [3.8, 4) is 0 Å². The van der Waals surface area contributed by atoms with E-state index in [0.29, 0.717) is 24.4 Å². The van der Waals surface area contributed by atoms with Crippen molar-refractivity contribution in [2.45, 2.75) is 32.2 Å². The minimum atomic E-state index is -0.390. The molecule has 0 aliphatic heterocycles. The maximum Gasteiger partial charge on any atom is 0.317 e. The summed E-state index contributed by atoms with van der Waals surface area (Å²) in [5.74, 6) is 0.621. The molecule has 1 saturated carbocycles. The maximum absolute atomic E-state index is 12.0. The quantitative estimate of drug-likeness (QED) is 0.646. The van der Waals surface area contributed by atoms with E-state index in [-0.39, 0.29) is 17.8 Å². The normalized spacial score (nSPS) is 15.3. The molecule has 1 aromatic rings. The summed E-state index contributed by atoms with van der Waals surface area (Å²) in [7, 11) is 1.79. The van der Waals surface area contributed by atoms with E-state index in [1.54, 1.807) is 30.1 Å². The van der Waals surface area contributed by atoms with Crippen LogP contribution in [-0.4, -0.2) is 35.5 Å². The second kappa shape index (κ2) is 6.56. The Balaban J connectivity index is 1.84. The van der Waals surface area contributed by atoms with Crippen LogP contribution in [0.15, 0.2) is 24.3 Å². The van der Waals surface area contributed by atoms with E-state index < -0.39 is 4.92 Å². The van der Waals surface area contributed by atoms with Crippen LogP contribution in [0.1, 0.15) is 25.3 Å². The summed E-state index contributed by atoms with van der Waals surface area (Å²) in [6, 6.07) is 6.75. The Kier molecular flexibility index (Phi) is 4.77. The molecule has 0 heterocycles. The Morgan fingerprint density at radius 3 is 2.76 bits per heavy atom. The number of hydrogen-bond acceptors (Lipinski definition) is 3. The van der Waals surface area contributed by atoms with Crippen LogP contribution in [0.3, 0.4) is 0 Å². The van der Waals surface area contributed by atoms with Gasteiger partial charge in [-0.2, -0.15) is 0 Å². The van der Waals surface area contributed by atoms with Crippen molar-refractivity contribution >= 4 is 11.7 Å². The van der Waals surface area contributed by atoms with Crippen molar-refractivity contribution < 1.29 is 9.72 Å². The number of rotatable bonds is 6. The zero-order chi connectivity index (χ0) is 15.4. The van der Waals surface area contributed by atoms with Gasteiger partial charge in [0.05, 0.1) is 4.92 Å². The second-order valence-corrected chi connectivity index (χ2v) is 5.56. The minimum Gasteiger partial charge on any atom is -0.338 e. The average Bonchev–Trinajstić information content (AvgIpc) is 3.30. The molecule has 0 radical (unpaired) electrons. The molecule has 0 unspecified atom stereocenters. The zero-order valence-electron chi connectivity index (χ0n) is 12.4. The van der Waals surface area contributed by atoms with Crippen molar-refractivity contribution in [3.63, 3.8) is 0 Å². The van der Waals surface area contributed by atoms with Crippen LogP contribution in [0, 0.1) is 16.0 Å². The lowest BCUT2D eigenvalue weighted by atomic mass is 10.1. The molecule has 2 amide bonds. The highest BCUT2D eigenvalue weighted by atomic mass is 16.6. The third-order valence-corrected chi connectivity index (χ3v) is 4.09. The molecule has 0 saturated heterocycles. The van der Waals surface area contributed by atoms with E-state index in [2.05, 4.69) is 12.2 Å². The van der Waals surface area contributed by atoms with Crippen molar-refractivity contribution in [1.82, 2.24) is 10.2 Å². The summed E-state index contributed by atoms with van der Waals surface area (Å²) in [5.41, 5.74) is 0.743. The van der Waals surface area contributed by atoms with E-state index in [9.17, 15) is 14.9 Å². The number of nitrogens with one attached hydrogen (secondary N) is 1. The first-order chi connectivity index (χ1) is 10.0. The fraction of sp³-hybridized carbons (Fsp3) is 0.533. The monoisotopic (exact) mass is 291 g/mol. The number of amides is 2. The van der Waals surface area contributed by atoms with Gasteiger partial charge < -0.3 is 10.2 Å². The number of nitro groups is 1. The standard InChI is InChI=1S/C15H21N3O3/c1-11(12-7-8-12)17(2)15(19)16-10-9-13-5-3-4-6-14(13)18(20)21/h3-6,11-12H,7-10H2,1-2H3,(H,16,19)/t11-/m0/s1. The molecule has 21 heavy (non-hydrogen) atoms. The largest absolute Gasteiger partial charge is 0.338 e. The molecule has 1 aromatic carbocycles. The van der Waals surface area contributed by atoms with Gasteiger partial charge in [0.15, 0.2) is 0 Å². The predicted molar refractivity (Wildman–Crippen MR) is 80.1 cm³/mol. The number of carbonyl (C=O) groups is 1. The highest BCUT2D eigenvalue weighted by Crippen LogP contribution is 2.34. The molecule has 2 rings (SSSR count). The van der Waals surface area contributed by atoms with Gasteiger partial charge in [0, 0.05) is 31.3 Å². The molecule has 0 spiro atoms. The van der Waals surface area contributed by atoms with Crippen LogP contribution < -0.4 is 5.32 Å². The van der Waals surface area contributed by atoms with Crippen LogP contribution in [0.4, 0.5) is 10.5 Å². The first kappa shape index (κ1) is 15.3. The van der Waals surface area contributed by atoms with Crippen LogP contribution in [0.2, 0.25) is 0 Å². The molecule has 0 aromatic heterocycles. The van der Waals surface area contributed by atoms with Gasteiger partial charge >= 0.3 is 6.03 Å². The Morgan fingerprint density at radius 1 is 1.48 bits per heavy atom. The van der Waals surface area contributed by atoms with E-state index in [4.69, 9.17) is 0 Å². The third-order valence-electron chi connectivity index (χ3n) is 4.09. The van der Waals surface area contributed by atoms with Crippen molar-refractivity contribution in [3.05, 3.63) is 39.9 Å². The van der Waals surface area contributed by atoms with Gasteiger partial charge in [0.1, 0.15) is 0 Å².